The number of hydrogen-bond acceptors (Lipinski definition) is 2. The van der Waals surface area contributed by atoms with Crippen molar-refractivity contribution in [1.29, 1.82) is 0 Å². The van der Waals surface area contributed by atoms with Gasteiger partial charge in [-0.1, -0.05) is 32.1 Å². The molecule has 0 unspecified atom stereocenters. The van der Waals surface area contributed by atoms with E-state index in [1.54, 1.807) is 0 Å². The second-order valence-corrected chi connectivity index (χ2v) is 6.64. The van der Waals surface area contributed by atoms with Gasteiger partial charge < -0.3 is 4.90 Å². The topological polar surface area (TPSA) is 38.1 Å². The molecular weight excluding hydrogens is 250 g/mol. The fourth-order valence-electron chi connectivity index (χ4n) is 3.48. The smallest absolute Gasteiger partial charge is 0.274 e. The summed E-state index contributed by atoms with van der Waals surface area (Å²) in [6.07, 6.45) is 8.81. The van der Waals surface area contributed by atoms with Gasteiger partial charge in [-0.2, -0.15) is 5.10 Å². The molecule has 1 aromatic heterocycles. The summed E-state index contributed by atoms with van der Waals surface area (Å²) in [4.78, 5) is 14.3. The minimum absolute atomic E-state index is 0.108. The van der Waals surface area contributed by atoms with Gasteiger partial charge in [0.25, 0.3) is 5.91 Å². The molecule has 3 rings (SSSR count). The van der Waals surface area contributed by atoms with Gasteiger partial charge in [-0.3, -0.25) is 9.48 Å². The van der Waals surface area contributed by atoms with E-state index in [1.165, 1.54) is 32.1 Å². The van der Waals surface area contributed by atoms with Crippen LogP contribution in [0.15, 0.2) is 12.3 Å². The highest BCUT2D eigenvalue weighted by Crippen LogP contribution is 2.35. The summed E-state index contributed by atoms with van der Waals surface area (Å²) in [5.74, 6) is 1.71. The van der Waals surface area contributed by atoms with Crippen LogP contribution in [0.25, 0.3) is 0 Å². The zero-order chi connectivity index (χ0) is 14.1. The molecule has 20 heavy (non-hydrogen) atoms. The van der Waals surface area contributed by atoms with E-state index < -0.39 is 0 Å². The first-order valence-electron chi connectivity index (χ1n) is 7.99. The standard InChI is InChI=1S/C16H25N3O/c1-12(2)19-9-8-15(17-19)16(20)18-10-14(11-18)13-6-4-3-5-7-13/h8-9,12-14H,3-7,10-11H2,1-2H3. The molecule has 0 atom stereocenters. The van der Waals surface area contributed by atoms with Crippen LogP contribution in [0.5, 0.6) is 0 Å². The Bertz CT molecular complexity index is 468. The second-order valence-electron chi connectivity index (χ2n) is 6.64. The Hall–Kier alpha value is -1.32. The molecule has 2 fully saturated rings. The number of nitrogens with zero attached hydrogens (tertiary/aromatic N) is 3. The van der Waals surface area contributed by atoms with Crippen molar-refractivity contribution in [1.82, 2.24) is 14.7 Å². The number of hydrogen-bond donors (Lipinski definition) is 0. The zero-order valence-electron chi connectivity index (χ0n) is 12.6. The van der Waals surface area contributed by atoms with E-state index in [2.05, 4.69) is 18.9 Å². The molecule has 0 radical (unpaired) electrons. The Kier molecular flexibility index (Phi) is 3.81. The second kappa shape index (κ2) is 5.58. The highest BCUT2D eigenvalue weighted by Gasteiger charge is 2.37. The van der Waals surface area contributed by atoms with Gasteiger partial charge in [0.2, 0.25) is 0 Å². The first-order valence-corrected chi connectivity index (χ1v) is 7.99. The number of aromatic nitrogens is 2. The number of carbonyl (C=O) groups excluding carboxylic acids is 1. The molecule has 0 aromatic carbocycles. The van der Waals surface area contributed by atoms with Gasteiger partial charge in [-0.25, -0.2) is 0 Å². The van der Waals surface area contributed by atoms with Gasteiger partial charge in [0.05, 0.1) is 0 Å². The van der Waals surface area contributed by atoms with Gasteiger partial charge in [-0.15, -0.1) is 0 Å². The molecule has 1 amide bonds. The lowest BCUT2D eigenvalue weighted by Gasteiger charge is -2.44. The average molecular weight is 275 g/mol. The van der Waals surface area contributed by atoms with E-state index in [1.807, 2.05) is 21.8 Å². The summed E-state index contributed by atoms with van der Waals surface area (Å²) in [6.45, 7) is 6.03. The number of likely N-dealkylation sites (tertiary alicyclic amines) is 1. The molecule has 2 heterocycles. The highest BCUT2D eigenvalue weighted by molar-refractivity contribution is 5.92. The lowest BCUT2D eigenvalue weighted by atomic mass is 9.76. The molecule has 1 aromatic rings. The minimum Gasteiger partial charge on any atom is -0.337 e. The SMILES string of the molecule is CC(C)n1ccc(C(=O)N2CC(C3CCCCC3)C2)n1. The maximum Gasteiger partial charge on any atom is 0.274 e. The average Bonchev–Trinajstić information content (AvgIpc) is 2.88. The summed E-state index contributed by atoms with van der Waals surface area (Å²) >= 11 is 0. The molecule has 1 saturated heterocycles. The van der Waals surface area contributed by atoms with Gasteiger partial charge in [0.15, 0.2) is 0 Å². The number of rotatable bonds is 3. The van der Waals surface area contributed by atoms with Crippen LogP contribution in [0.4, 0.5) is 0 Å². The third-order valence-corrected chi connectivity index (χ3v) is 4.87. The molecule has 4 heteroatoms. The molecule has 0 bridgehead atoms. The van der Waals surface area contributed by atoms with E-state index in [4.69, 9.17) is 0 Å². The van der Waals surface area contributed by atoms with Crippen molar-refractivity contribution in [2.24, 2.45) is 11.8 Å². The van der Waals surface area contributed by atoms with Crippen molar-refractivity contribution in [2.45, 2.75) is 52.0 Å². The van der Waals surface area contributed by atoms with Gasteiger partial charge in [-0.05, 0) is 31.7 Å². The zero-order valence-corrected chi connectivity index (χ0v) is 12.6. The quantitative estimate of drug-likeness (QED) is 0.850. The third kappa shape index (κ3) is 2.60. The summed E-state index contributed by atoms with van der Waals surface area (Å²) in [5, 5.41) is 4.38. The maximum atomic E-state index is 12.3. The van der Waals surface area contributed by atoms with Crippen LogP contribution in [-0.4, -0.2) is 33.7 Å². The Morgan fingerprint density at radius 1 is 1.20 bits per heavy atom. The molecular formula is C16H25N3O. The van der Waals surface area contributed by atoms with Crippen molar-refractivity contribution < 1.29 is 4.79 Å². The fraction of sp³-hybridized carbons (Fsp3) is 0.750. The Morgan fingerprint density at radius 2 is 1.90 bits per heavy atom. The van der Waals surface area contributed by atoms with Crippen LogP contribution in [0.3, 0.4) is 0 Å². The van der Waals surface area contributed by atoms with E-state index in [0.29, 0.717) is 11.7 Å². The van der Waals surface area contributed by atoms with Crippen molar-refractivity contribution in [2.75, 3.05) is 13.1 Å². The summed E-state index contributed by atoms with van der Waals surface area (Å²) in [7, 11) is 0. The molecule has 110 valence electrons. The van der Waals surface area contributed by atoms with E-state index >= 15 is 0 Å². The predicted octanol–water partition coefficient (Wildman–Crippen LogP) is 3.12. The van der Waals surface area contributed by atoms with Crippen molar-refractivity contribution in [3.05, 3.63) is 18.0 Å². The van der Waals surface area contributed by atoms with E-state index in [9.17, 15) is 4.79 Å². The van der Waals surface area contributed by atoms with Gasteiger partial charge in [0.1, 0.15) is 5.69 Å². The molecule has 1 aliphatic heterocycles. The van der Waals surface area contributed by atoms with Crippen molar-refractivity contribution in [3.63, 3.8) is 0 Å². The first kappa shape index (κ1) is 13.7. The van der Waals surface area contributed by atoms with E-state index in [0.717, 1.165) is 24.9 Å². The molecule has 0 spiro atoms. The molecule has 2 aliphatic rings. The van der Waals surface area contributed by atoms with Crippen LogP contribution >= 0.6 is 0 Å². The Labute approximate surface area is 121 Å². The number of amides is 1. The summed E-state index contributed by atoms with van der Waals surface area (Å²) < 4.78 is 1.85. The summed E-state index contributed by atoms with van der Waals surface area (Å²) in [5.41, 5.74) is 0.598. The molecule has 1 saturated carbocycles. The van der Waals surface area contributed by atoms with Crippen molar-refractivity contribution in [3.8, 4) is 0 Å². The minimum atomic E-state index is 0.108. The van der Waals surface area contributed by atoms with Crippen LogP contribution in [-0.2, 0) is 0 Å². The summed E-state index contributed by atoms with van der Waals surface area (Å²) in [6, 6.07) is 2.15. The van der Waals surface area contributed by atoms with Crippen LogP contribution in [0.2, 0.25) is 0 Å². The van der Waals surface area contributed by atoms with Gasteiger partial charge in [0, 0.05) is 25.3 Å². The van der Waals surface area contributed by atoms with Crippen LogP contribution in [0, 0.1) is 11.8 Å². The molecule has 1 aliphatic carbocycles. The first-order chi connectivity index (χ1) is 9.65. The third-order valence-electron chi connectivity index (χ3n) is 4.87. The lowest BCUT2D eigenvalue weighted by Crippen LogP contribution is -2.53. The normalized spacial score (nSPS) is 21.2. The highest BCUT2D eigenvalue weighted by atomic mass is 16.2. The molecule has 0 N–H and O–H groups in total. The molecule has 4 nitrogen and oxygen atoms in total. The Balaban J connectivity index is 1.54. The Morgan fingerprint density at radius 3 is 2.50 bits per heavy atom. The maximum absolute atomic E-state index is 12.3. The van der Waals surface area contributed by atoms with Crippen LogP contribution in [0.1, 0.15) is 62.5 Å². The van der Waals surface area contributed by atoms with E-state index in [-0.39, 0.29) is 5.91 Å². The number of carbonyl (C=O) groups is 1. The predicted molar refractivity (Wildman–Crippen MR) is 78.6 cm³/mol. The van der Waals surface area contributed by atoms with Gasteiger partial charge >= 0.3 is 0 Å². The van der Waals surface area contributed by atoms with Crippen LogP contribution < -0.4 is 0 Å². The monoisotopic (exact) mass is 275 g/mol. The largest absolute Gasteiger partial charge is 0.337 e. The van der Waals surface area contributed by atoms with Crippen molar-refractivity contribution >= 4 is 5.91 Å². The lowest BCUT2D eigenvalue weighted by molar-refractivity contribution is 0.0298. The fourth-order valence-corrected chi connectivity index (χ4v) is 3.48.